The van der Waals surface area contributed by atoms with Crippen molar-refractivity contribution in [3.63, 3.8) is 0 Å². The summed E-state index contributed by atoms with van der Waals surface area (Å²) in [5.41, 5.74) is -0.321. The number of hydrogen-bond donors (Lipinski definition) is 1. The van der Waals surface area contributed by atoms with Crippen LogP contribution in [-0.4, -0.2) is 43.5 Å². The fraction of sp³-hybridized carbons (Fsp3) is 0.227. The molecule has 4 heterocycles. The predicted octanol–water partition coefficient (Wildman–Crippen LogP) is 5.17. The van der Waals surface area contributed by atoms with Crippen LogP contribution in [0.25, 0.3) is 16.8 Å². The Balaban J connectivity index is 1.52. The van der Waals surface area contributed by atoms with Gasteiger partial charge in [-0.3, -0.25) is 14.3 Å². The van der Waals surface area contributed by atoms with E-state index >= 15 is 0 Å². The number of pyridine rings is 1. The van der Waals surface area contributed by atoms with Crippen LogP contribution in [0, 0.1) is 5.82 Å². The van der Waals surface area contributed by atoms with Crippen LogP contribution in [0.5, 0.6) is 0 Å². The summed E-state index contributed by atoms with van der Waals surface area (Å²) in [7, 11) is 0. The van der Waals surface area contributed by atoms with E-state index in [0.717, 1.165) is 16.0 Å². The van der Waals surface area contributed by atoms with Crippen LogP contribution in [0.3, 0.4) is 0 Å². The van der Waals surface area contributed by atoms with Crippen LogP contribution in [0.2, 0.25) is 5.15 Å². The van der Waals surface area contributed by atoms with E-state index in [4.69, 9.17) is 11.6 Å². The van der Waals surface area contributed by atoms with Crippen molar-refractivity contribution in [2.24, 2.45) is 0 Å². The number of hydrogen-bond acceptors (Lipinski definition) is 3. The molecule has 6 nitrogen and oxygen atoms in total. The molecule has 1 aliphatic heterocycles. The fourth-order valence-electron chi connectivity index (χ4n) is 4.16. The van der Waals surface area contributed by atoms with E-state index in [1.54, 1.807) is 12.1 Å². The van der Waals surface area contributed by atoms with Crippen molar-refractivity contribution in [2.45, 2.75) is 18.5 Å². The first-order chi connectivity index (χ1) is 15.7. The van der Waals surface area contributed by atoms with Gasteiger partial charge in [-0.1, -0.05) is 23.7 Å². The molecular formula is C22H16ClF4N5O. The molecule has 1 amide bonds. The van der Waals surface area contributed by atoms with E-state index < -0.39 is 23.3 Å². The third-order valence-corrected chi connectivity index (χ3v) is 6.16. The second-order valence-electron chi connectivity index (χ2n) is 7.86. The van der Waals surface area contributed by atoms with Gasteiger partial charge in [-0.2, -0.15) is 18.3 Å². The first-order valence-electron chi connectivity index (χ1n) is 10.0. The molecule has 1 unspecified atom stereocenters. The van der Waals surface area contributed by atoms with E-state index in [0.29, 0.717) is 25.1 Å². The van der Waals surface area contributed by atoms with Crippen LogP contribution in [0.4, 0.5) is 17.6 Å². The lowest BCUT2D eigenvalue weighted by molar-refractivity contribution is -0.136. The zero-order valence-electron chi connectivity index (χ0n) is 16.9. The minimum atomic E-state index is -4.72. The number of H-pyrrole nitrogens is 1. The second-order valence-corrected chi connectivity index (χ2v) is 8.22. The van der Waals surface area contributed by atoms with Crippen LogP contribution in [-0.2, 0) is 6.18 Å². The number of carbonyl (C=O) groups excluding carboxylic acids is 1. The molecule has 0 bridgehead atoms. The van der Waals surface area contributed by atoms with E-state index in [2.05, 4.69) is 15.2 Å². The third-order valence-electron chi connectivity index (χ3n) is 5.80. The number of benzene rings is 1. The van der Waals surface area contributed by atoms with Gasteiger partial charge in [-0.15, -0.1) is 0 Å². The van der Waals surface area contributed by atoms with Gasteiger partial charge in [0.05, 0.1) is 11.8 Å². The van der Waals surface area contributed by atoms with E-state index in [-0.39, 0.29) is 28.1 Å². The Labute approximate surface area is 189 Å². The maximum atomic E-state index is 13.8. The van der Waals surface area contributed by atoms with Crippen molar-refractivity contribution in [1.82, 2.24) is 24.5 Å². The van der Waals surface area contributed by atoms with Crippen LogP contribution in [0.1, 0.15) is 34.0 Å². The largest absolute Gasteiger partial charge is 0.420 e. The Bertz CT molecular complexity index is 1350. The van der Waals surface area contributed by atoms with Gasteiger partial charge in [0.15, 0.2) is 11.3 Å². The van der Waals surface area contributed by atoms with Crippen molar-refractivity contribution in [3.8, 4) is 11.1 Å². The van der Waals surface area contributed by atoms with Crippen LogP contribution >= 0.6 is 11.6 Å². The molecule has 3 aromatic heterocycles. The highest BCUT2D eigenvalue weighted by atomic mass is 35.5. The number of amides is 1. The van der Waals surface area contributed by atoms with Gasteiger partial charge in [0.1, 0.15) is 11.0 Å². The maximum Gasteiger partial charge on any atom is 0.420 e. The summed E-state index contributed by atoms with van der Waals surface area (Å²) in [4.78, 5) is 18.6. The average molecular weight is 478 g/mol. The summed E-state index contributed by atoms with van der Waals surface area (Å²) in [6.45, 7) is 0.648. The number of carbonyl (C=O) groups is 1. The second kappa shape index (κ2) is 7.87. The van der Waals surface area contributed by atoms with Crippen molar-refractivity contribution in [2.75, 3.05) is 13.1 Å². The van der Waals surface area contributed by atoms with Crippen LogP contribution < -0.4 is 0 Å². The molecule has 1 aliphatic rings. The summed E-state index contributed by atoms with van der Waals surface area (Å²) in [5, 5.41) is 6.12. The molecule has 0 radical (unpaired) electrons. The molecule has 11 heteroatoms. The van der Waals surface area contributed by atoms with Crippen molar-refractivity contribution in [1.29, 1.82) is 0 Å². The van der Waals surface area contributed by atoms with Gasteiger partial charge in [-0.05, 0) is 30.2 Å². The van der Waals surface area contributed by atoms with Gasteiger partial charge in [-0.25, -0.2) is 9.37 Å². The normalized spacial score (nSPS) is 16.6. The predicted molar refractivity (Wildman–Crippen MR) is 112 cm³/mol. The van der Waals surface area contributed by atoms with E-state index in [1.807, 2.05) is 0 Å². The first kappa shape index (κ1) is 21.4. The van der Waals surface area contributed by atoms with Crippen molar-refractivity contribution < 1.29 is 22.4 Å². The zero-order chi connectivity index (χ0) is 23.3. The number of rotatable bonds is 3. The molecule has 1 N–H and O–H groups in total. The fourth-order valence-corrected chi connectivity index (χ4v) is 4.41. The molecule has 1 aromatic carbocycles. The molecule has 0 spiro atoms. The van der Waals surface area contributed by atoms with Gasteiger partial charge in [0.25, 0.3) is 5.91 Å². The standard InChI is InChI=1S/C22H16ClF4N5O/c23-19-18(21(33)31-5-4-13(10-31)12-2-1-3-16(24)6-12)30-20-17(22(25,26)27)7-14(11-32(19)20)15-8-28-29-9-15/h1-3,6-9,11,13H,4-5,10H2,(H,28,29). The smallest absolute Gasteiger partial charge is 0.337 e. The number of aromatic nitrogens is 4. The number of likely N-dealkylation sites (tertiary alicyclic amines) is 1. The summed E-state index contributed by atoms with van der Waals surface area (Å²) >= 11 is 6.37. The number of nitrogens with zero attached hydrogens (tertiary/aromatic N) is 4. The number of nitrogens with one attached hydrogen (secondary N) is 1. The third kappa shape index (κ3) is 3.84. The summed E-state index contributed by atoms with van der Waals surface area (Å²) < 4.78 is 56.1. The number of halogens is 5. The number of fused-ring (bicyclic) bond motifs is 1. The van der Waals surface area contributed by atoms with Gasteiger partial charge in [0.2, 0.25) is 0 Å². The highest BCUT2D eigenvalue weighted by Crippen LogP contribution is 2.37. The average Bonchev–Trinajstić information content (AvgIpc) is 3.53. The summed E-state index contributed by atoms with van der Waals surface area (Å²) in [5.74, 6) is -1.02. The Hall–Kier alpha value is -3.40. The molecular weight excluding hydrogens is 462 g/mol. The molecule has 0 aliphatic carbocycles. The van der Waals surface area contributed by atoms with Crippen LogP contribution in [0.15, 0.2) is 48.9 Å². The highest BCUT2D eigenvalue weighted by Gasteiger charge is 2.37. The SMILES string of the molecule is O=C(c1nc2c(C(F)(F)F)cc(-c3cn[nH]c3)cn2c1Cl)N1CCC(c2cccc(F)c2)C1. The summed E-state index contributed by atoms with van der Waals surface area (Å²) in [6.07, 6.45) is 0.107. The molecule has 170 valence electrons. The highest BCUT2D eigenvalue weighted by molar-refractivity contribution is 6.33. The Morgan fingerprint density at radius 2 is 2.03 bits per heavy atom. The summed E-state index contributed by atoms with van der Waals surface area (Å²) in [6, 6.07) is 7.10. The molecule has 1 saturated heterocycles. The number of aromatic amines is 1. The minimum absolute atomic E-state index is 0.0844. The van der Waals surface area contributed by atoms with Gasteiger partial charge >= 0.3 is 6.18 Å². The molecule has 5 rings (SSSR count). The molecule has 1 fully saturated rings. The minimum Gasteiger partial charge on any atom is -0.337 e. The molecule has 1 atom stereocenters. The van der Waals surface area contributed by atoms with Gasteiger partial charge in [0, 0.05) is 42.5 Å². The van der Waals surface area contributed by atoms with E-state index in [9.17, 15) is 22.4 Å². The molecule has 33 heavy (non-hydrogen) atoms. The maximum absolute atomic E-state index is 13.8. The first-order valence-corrected chi connectivity index (χ1v) is 10.4. The van der Waals surface area contributed by atoms with E-state index in [1.165, 1.54) is 35.6 Å². The van der Waals surface area contributed by atoms with Crippen molar-refractivity contribution in [3.05, 3.63) is 76.7 Å². The Morgan fingerprint density at radius 3 is 2.73 bits per heavy atom. The molecule has 4 aromatic rings. The number of imidazole rings is 1. The number of alkyl halides is 3. The Morgan fingerprint density at radius 1 is 1.21 bits per heavy atom. The quantitative estimate of drug-likeness (QED) is 0.414. The lowest BCUT2D eigenvalue weighted by Gasteiger charge is -2.15. The zero-order valence-corrected chi connectivity index (χ0v) is 17.7. The van der Waals surface area contributed by atoms with Gasteiger partial charge < -0.3 is 4.90 Å². The monoisotopic (exact) mass is 477 g/mol. The topological polar surface area (TPSA) is 66.3 Å². The van der Waals surface area contributed by atoms with Crippen molar-refractivity contribution >= 4 is 23.2 Å². The lowest BCUT2D eigenvalue weighted by Crippen LogP contribution is -2.29. The Kier molecular flexibility index (Phi) is 5.12. The molecule has 0 saturated carbocycles. The lowest BCUT2D eigenvalue weighted by atomic mass is 9.98.